The summed E-state index contributed by atoms with van der Waals surface area (Å²) in [5.41, 5.74) is 6.61. The summed E-state index contributed by atoms with van der Waals surface area (Å²) in [5, 5.41) is 9.82. The van der Waals surface area contributed by atoms with Gasteiger partial charge in [-0.05, 0) is 22.4 Å². The molecule has 3 N–H and O–H groups in total. The quantitative estimate of drug-likeness (QED) is 0.557. The molecular weight excluding hydrogens is 273 g/mol. The van der Waals surface area contributed by atoms with E-state index in [0.29, 0.717) is 23.5 Å². The smallest absolute Gasteiger partial charge is 0.161 e. The summed E-state index contributed by atoms with van der Waals surface area (Å²) in [6, 6.07) is 4.17. The molecule has 0 unspecified atom stereocenters. The number of rotatable bonds is 2. The third kappa shape index (κ3) is 1.91. The van der Waals surface area contributed by atoms with Crippen molar-refractivity contribution >= 4 is 28.1 Å². The monoisotopic (exact) mass is 280 g/mol. The van der Waals surface area contributed by atoms with Crippen molar-refractivity contribution in [2.24, 2.45) is 0 Å². The predicted octanol–water partition coefficient (Wildman–Crippen LogP) is 2.97. The highest BCUT2D eigenvalue weighted by Gasteiger charge is 2.14. The van der Waals surface area contributed by atoms with Gasteiger partial charge in [-0.2, -0.15) is 0 Å². The summed E-state index contributed by atoms with van der Waals surface area (Å²) >= 11 is 0. The van der Waals surface area contributed by atoms with Crippen molar-refractivity contribution in [1.29, 1.82) is 0 Å². The van der Waals surface area contributed by atoms with Crippen molar-refractivity contribution in [2.75, 3.05) is 11.1 Å². The molecule has 0 fully saturated rings. The predicted molar refractivity (Wildman–Crippen MR) is 65.8 cm³/mol. The van der Waals surface area contributed by atoms with E-state index in [0.717, 1.165) is 0 Å². The van der Waals surface area contributed by atoms with Gasteiger partial charge in [0, 0.05) is 12.1 Å². The normalized spacial score (nSPS) is 10.9. The van der Waals surface area contributed by atoms with E-state index >= 15 is 0 Å². The molecule has 102 valence electrons. The molecule has 2 aromatic carbocycles. The number of nitrogens with one attached hydrogen (secondary N) is 1. The first-order chi connectivity index (χ1) is 9.56. The maximum atomic E-state index is 13.6. The van der Waals surface area contributed by atoms with Crippen LogP contribution in [0.15, 0.2) is 28.9 Å². The number of nitrogens with two attached hydrogens (primary N) is 1. The zero-order valence-corrected chi connectivity index (χ0v) is 9.82. The first kappa shape index (κ1) is 12.3. The molecule has 3 aromatic rings. The van der Waals surface area contributed by atoms with E-state index in [-0.39, 0.29) is 16.7 Å². The van der Waals surface area contributed by atoms with Gasteiger partial charge in [0.05, 0.1) is 17.1 Å². The first-order valence-electron chi connectivity index (χ1n) is 5.48. The Kier molecular flexibility index (Phi) is 2.70. The van der Waals surface area contributed by atoms with Crippen LogP contribution < -0.4 is 11.1 Å². The SMILES string of the molecule is Nc1ccc(Nc2cc(F)c(F)cc2F)c2nonc12. The Morgan fingerprint density at radius 2 is 1.60 bits per heavy atom. The molecule has 0 atom stereocenters. The van der Waals surface area contributed by atoms with Crippen molar-refractivity contribution in [3.05, 3.63) is 41.7 Å². The molecule has 0 aliphatic carbocycles. The van der Waals surface area contributed by atoms with E-state index in [1.165, 1.54) is 12.1 Å². The number of fused-ring (bicyclic) bond motifs is 1. The van der Waals surface area contributed by atoms with Crippen LogP contribution in [-0.4, -0.2) is 10.3 Å². The van der Waals surface area contributed by atoms with Gasteiger partial charge in [-0.25, -0.2) is 17.8 Å². The molecule has 0 spiro atoms. The molecule has 1 heterocycles. The fourth-order valence-electron chi connectivity index (χ4n) is 1.75. The Labute approximate surface area is 110 Å². The van der Waals surface area contributed by atoms with Crippen molar-refractivity contribution in [3.8, 4) is 0 Å². The number of hydrogen-bond acceptors (Lipinski definition) is 5. The van der Waals surface area contributed by atoms with Gasteiger partial charge in [0.25, 0.3) is 0 Å². The van der Waals surface area contributed by atoms with Gasteiger partial charge < -0.3 is 11.1 Å². The molecule has 1 aromatic heterocycles. The highest BCUT2D eigenvalue weighted by atomic mass is 19.2. The first-order valence-corrected chi connectivity index (χ1v) is 5.48. The summed E-state index contributed by atoms with van der Waals surface area (Å²) in [7, 11) is 0. The lowest BCUT2D eigenvalue weighted by molar-refractivity contribution is 0.316. The van der Waals surface area contributed by atoms with Crippen molar-refractivity contribution in [2.45, 2.75) is 0 Å². The number of hydrogen-bond donors (Lipinski definition) is 2. The van der Waals surface area contributed by atoms with Crippen molar-refractivity contribution in [3.63, 3.8) is 0 Å². The van der Waals surface area contributed by atoms with E-state index in [2.05, 4.69) is 20.3 Å². The lowest BCUT2D eigenvalue weighted by Crippen LogP contribution is -1.98. The lowest BCUT2D eigenvalue weighted by Gasteiger charge is -2.08. The standard InChI is InChI=1S/C12H7F3N4O/c13-5-3-7(15)10(4-6(5)14)17-9-2-1-8(16)11-12(9)19-20-18-11/h1-4,17H,16H2. The third-order valence-electron chi connectivity index (χ3n) is 2.73. The molecule has 0 saturated carbocycles. The largest absolute Gasteiger partial charge is 0.397 e. The lowest BCUT2D eigenvalue weighted by atomic mass is 10.2. The van der Waals surface area contributed by atoms with Gasteiger partial charge in [-0.1, -0.05) is 0 Å². The molecule has 0 saturated heterocycles. The Bertz CT molecular complexity index is 803. The minimum Gasteiger partial charge on any atom is -0.397 e. The summed E-state index contributed by atoms with van der Waals surface area (Å²) in [4.78, 5) is 0. The molecule has 0 bridgehead atoms. The maximum Gasteiger partial charge on any atom is 0.161 e. The number of aromatic nitrogens is 2. The average molecular weight is 280 g/mol. The van der Waals surface area contributed by atoms with Crippen LogP contribution in [-0.2, 0) is 0 Å². The van der Waals surface area contributed by atoms with Gasteiger partial charge in [0.15, 0.2) is 22.7 Å². The second-order valence-corrected chi connectivity index (χ2v) is 4.03. The van der Waals surface area contributed by atoms with Crippen LogP contribution in [0.25, 0.3) is 11.0 Å². The average Bonchev–Trinajstić information content (AvgIpc) is 2.89. The zero-order valence-electron chi connectivity index (χ0n) is 9.82. The fraction of sp³-hybridized carbons (Fsp3) is 0. The van der Waals surface area contributed by atoms with Crippen molar-refractivity contribution in [1.82, 2.24) is 10.3 Å². The van der Waals surface area contributed by atoms with Crippen LogP contribution in [0.4, 0.5) is 30.2 Å². The van der Waals surface area contributed by atoms with Crippen LogP contribution in [0.3, 0.4) is 0 Å². The topological polar surface area (TPSA) is 77.0 Å². The minimum absolute atomic E-state index is 0.238. The Balaban J connectivity index is 2.08. The van der Waals surface area contributed by atoms with Crippen LogP contribution >= 0.6 is 0 Å². The fourth-order valence-corrected chi connectivity index (χ4v) is 1.75. The number of nitrogen functional groups attached to an aromatic ring is 1. The van der Waals surface area contributed by atoms with Gasteiger partial charge in [-0.15, -0.1) is 0 Å². The van der Waals surface area contributed by atoms with E-state index in [1.54, 1.807) is 0 Å². The molecule has 0 aliphatic rings. The number of benzene rings is 2. The summed E-state index contributed by atoms with van der Waals surface area (Å²) in [6.07, 6.45) is 0. The number of anilines is 3. The maximum absolute atomic E-state index is 13.6. The summed E-state index contributed by atoms with van der Waals surface area (Å²) in [5.74, 6) is -3.37. The van der Waals surface area contributed by atoms with Crippen LogP contribution in [0.1, 0.15) is 0 Å². The van der Waals surface area contributed by atoms with Gasteiger partial charge in [-0.3, -0.25) is 0 Å². The highest BCUT2D eigenvalue weighted by molar-refractivity contribution is 5.96. The zero-order chi connectivity index (χ0) is 14.3. The van der Waals surface area contributed by atoms with Crippen LogP contribution in [0.2, 0.25) is 0 Å². The molecule has 8 heteroatoms. The summed E-state index contributed by atoms with van der Waals surface area (Å²) < 4.78 is 44.1. The molecule has 0 radical (unpaired) electrons. The molecule has 0 amide bonds. The molecule has 0 aliphatic heterocycles. The van der Waals surface area contributed by atoms with E-state index < -0.39 is 17.5 Å². The molecule has 20 heavy (non-hydrogen) atoms. The van der Waals surface area contributed by atoms with Gasteiger partial charge in [0.1, 0.15) is 5.82 Å². The second kappa shape index (κ2) is 4.41. The number of halogens is 3. The second-order valence-electron chi connectivity index (χ2n) is 4.03. The Morgan fingerprint density at radius 1 is 0.900 bits per heavy atom. The number of nitrogens with zero attached hydrogens (tertiary/aromatic N) is 2. The van der Waals surface area contributed by atoms with E-state index in [1.807, 2.05) is 0 Å². The minimum atomic E-state index is -1.27. The van der Waals surface area contributed by atoms with E-state index in [9.17, 15) is 13.2 Å². The van der Waals surface area contributed by atoms with Crippen LogP contribution in [0.5, 0.6) is 0 Å². The third-order valence-corrected chi connectivity index (χ3v) is 2.73. The molecule has 5 nitrogen and oxygen atoms in total. The van der Waals surface area contributed by atoms with Gasteiger partial charge >= 0.3 is 0 Å². The highest BCUT2D eigenvalue weighted by Crippen LogP contribution is 2.29. The Hall–Kier alpha value is -2.77. The van der Waals surface area contributed by atoms with Gasteiger partial charge in [0.2, 0.25) is 0 Å². The Morgan fingerprint density at radius 3 is 2.40 bits per heavy atom. The molecular formula is C12H7F3N4O. The van der Waals surface area contributed by atoms with E-state index in [4.69, 9.17) is 5.73 Å². The van der Waals surface area contributed by atoms with Crippen molar-refractivity contribution < 1.29 is 17.8 Å². The summed E-state index contributed by atoms with van der Waals surface area (Å²) in [6.45, 7) is 0. The van der Waals surface area contributed by atoms with Crippen LogP contribution in [0, 0.1) is 17.5 Å². The molecule has 3 rings (SSSR count).